The van der Waals surface area contributed by atoms with Crippen molar-refractivity contribution in [2.45, 2.75) is 6.92 Å². The van der Waals surface area contributed by atoms with Gasteiger partial charge >= 0.3 is 0 Å². The summed E-state index contributed by atoms with van der Waals surface area (Å²) in [5, 5.41) is 0. The second-order valence-corrected chi connectivity index (χ2v) is 2.35. The molecule has 1 aromatic rings. The molecule has 58 valence electrons. The van der Waals surface area contributed by atoms with Crippen molar-refractivity contribution in [3.05, 3.63) is 36.4 Å². The summed E-state index contributed by atoms with van der Waals surface area (Å²) in [4.78, 5) is 3.65. The zero-order chi connectivity index (χ0) is 8.27. The highest BCUT2D eigenvalue weighted by Gasteiger charge is 2.02. The lowest BCUT2D eigenvalue weighted by Crippen LogP contribution is -1.83. The summed E-state index contributed by atoms with van der Waals surface area (Å²) in [6.07, 6.45) is 0. The number of halogens is 1. The first-order chi connectivity index (χ1) is 5.25. The van der Waals surface area contributed by atoms with Crippen molar-refractivity contribution in [2.24, 2.45) is 0 Å². The first-order valence-electron chi connectivity index (χ1n) is 3.29. The van der Waals surface area contributed by atoms with Gasteiger partial charge < -0.3 is 0 Å². The summed E-state index contributed by atoms with van der Waals surface area (Å²) in [6, 6.07) is 6.84. The van der Waals surface area contributed by atoms with Crippen LogP contribution in [0.3, 0.4) is 0 Å². The molecule has 1 aromatic carbocycles. The van der Waals surface area contributed by atoms with E-state index in [0.717, 1.165) is 5.57 Å². The summed E-state index contributed by atoms with van der Waals surface area (Å²) >= 11 is 0. The van der Waals surface area contributed by atoms with E-state index in [9.17, 15) is 4.53 Å². The van der Waals surface area contributed by atoms with Crippen molar-refractivity contribution in [1.82, 2.24) is 0 Å². The molecule has 1 nitrogen and oxygen atoms in total. The fraction of sp³-hybridized carbons (Fsp3) is 0.111. The molecular formula is C9H9FO. The normalized spacial score (nSPS) is 9.27. The summed E-state index contributed by atoms with van der Waals surface area (Å²) in [5.41, 5.74) is 1.49. The fourth-order valence-electron chi connectivity index (χ4n) is 0.886. The van der Waals surface area contributed by atoms with Crippen LogP contribution in [0.15, 0.2) is 30.8 Å². The Balaban J connectivity index is 3.12. The highest BCUT2D eigenvalue weighted by molar-refractivity contribution is 5.66. The van der Waals surface area contributed by atoms with Gasteiger partial charge in [0.1, 0.15) is 0 Å². The summed E-state index contributed by atoms with van der Waals surface area (Å²) in [5.74, 6) is 0.222. The zero-order valence-corrected chi connectivity index (χ0v) is 6.30. The van der Waals surface area contributed by atoms with E-state index in [1.807, 2.05) is 6.07 Å². The highest BCUT2D eigenvalue weighted by Crippen LogP contribution is 2.24. The highest BCUT2D eigenvalue weighted by atomic mass is 19.3. The van der Waals surface area contributed by atoms with Crippen LogP contribution in [0, 0.1) is 0 Å². The maximum Gasteiger partial charge on any atom is 0.179 e. The largest absolute Gasteiger partial charge is 0.294 e. The van der Waals surface area contributed by atoms with Crippen molar-refractivity contribution in [2.75, 3.05) is 0 Å². The van der Waals surface area contributed by atoms with E-state index in [4.69, 9.17) is 0 Å². The molecule has 0 aromatic heterocycles. The standard InChI is InChI=1S/C9H9FO/c1-7(2)8-5-3-4-6-9(8)11-10/h3-6H,1H2,2H3. The van der Waals surface area contributed by atoms with Crippen LogP contribution in [-0.4, -0.2) is 0 Å². The Morgan fingerprint density at radius 3 is 2.55 bits per heavy atom. The van der Waals surface area contributed by atoms with Gasteiger partial charge in [-0.15, -0.1) is 0 Å². The van der Waals surface area contributed by atoms with Gasteiger partial charge in [-0.05, 0) is 18.6 Å². The van der Waals surface area contributed by atoms with Gasteiger partial charge in [0, 0.05) is 10.1 Å². The van der Waals surface area contributed by atoms with Gasteiger partial charge in [0.05, 0.1) is 0 Å². The van der Waals surface area contributed by atoms with Crippen LogP contribution >= 0.6 is 0 Å². The third-order valence-corrected chi connectivity index (χ3v) is 1.43. The SMILES string of the molecule is C=C(C)c1ccccc1OF. The molecule has 0 saturated heterocycles. The average molecular weight is 152 g/mol. The molecule has 0 aliphatic rings. The number of hydrogen-bond acceptors (Lipinski definition) is 1. The van der Waals surface area contributed by atoms with Gasteiger partial charge in [-0.1, -0.05) is 24.8 Å². The van der Waals surface area contributed by atoms with Crippen LogP contribution in [-0.2, 0) is 0 Å². The van der Waals surface area contributed by atoms with Crippen LogP contribution in [0.25, 0.3) is 5.57 Å². The lowest BCUT2D eigenvalue weighted by molar-refractivity contribution is -0.00653. The third kappa shape index (κ3) is 1.58. The van der Waals surface area contributed by atoms with Crippen LogP contribution in [0.4, 0.5) is 4.53 Å². The van der Waals surface area contributed by atoms with Gasteiger partial charge in [0.15, 0.2) is 5.75 Å². The third-order valence-electron chi connectivity index (χ3n) is 1.43. The summed E-state index contributed by atoms with van der Waals surface area (Å²) in [7, 11) is 0. The topological polar surface area (TPSA) is 9.23 Å². The molecule has 0 fully saturated rings. The lowest BCUT2D eigenvalue weighted by atomic mass is 10.1. The molecule has 0 spiro atoms. The molecule has 0 N–H and O–H groups in total. The molecule has 0 amide bonds. The second-order valence-electron chi connectivity index (χ2n) is 2.35. The quantitative estimate of drug-likeness (QED) is 0.633. The van der Waals surface area contributed by atoms with Crippen molar-refractivity contribution < 1.29 is 9.47 Å². The summed E-state index contributed by atoms with van der Waals surface area (Å²) < 4.78 is 11.8. The van der Waals surface area contributed by atoms with Gasteiger partial charge in [-0.2, -0.15) is 0 Å². The predicted octanol–water partition coefficient (Wildman–Crippen LogP) is 2.98. The van der Waals surface area contributed by atoms with Crippen LogP contribution in [0.1, 0.15) is 12.5 Å². The molecule has 0 saturated carbocycles. The van der Waals surface area contributed by atoms with Gasteiger partial charge in [0.2, 0.25) is 0 Å². The predicted molar refractivity (Wildman–Crippen MR) is 42.9 cm³/mol. The van der Waals surface area contributed by atoms with Crippen molar-refractivity contribution in [3.8, 4) is 5.75 Å². The maximum atomic E-state index is 11.8. The number of allylic oxidation sites excluding steroid dienone is 1. The Hall–Kier alpha value is -1.31. The zero-order valence-electron chi connectivity index (χ0n) is 6.30. The molecule has 0 heterocycles. The van der Waals surface area contributed by atoms with E-state index in [2.05, 4.69) is 11.5 Å². The minimum Gasteiger partial charge on any atom is -0.294 e. The van der Waals surface area contributed by atoms with E-state index < -0.39 is 0 Å². The number of rotatable bonds is 2. The fourth-order valence-corrected chi connectivity index (χ4v) is 0.886. The van der Waals surface area contributed by atoms with Gasteiger partial charge in [0.25, 0.3) is 0 Å². The average Bonchev–Trinajstić information content (AvgIpc) is 2.04. The van der Waals surface area contributed by atoms with Crippen LogP contribution < -0.4 is 4.94 Å². The first-order valence-corrected chi connectivity index (χ1v) is 3.29. The van der Waals surface area contributed by atoms with Crippen molar-refractivity contribution >= 4 is 5.57 Å². The van der Waals surface area contributed by atoms with Crippen molar-refractivity contribution in [3.63, 3.8) is 0 Å². The first kappa shape index (κ1) is 7.79. The Labute approximate surface area is 65.0 Å². The van der Waals surface area contributed by atoms with E-state index in [1.54, 1.807) is 25.1 Å². The van der Waals surface area contributed by atoms with E-state index in [-0.39, 0.29) is 5.75 Å². The molecular weight excluding hydrogens is 143 g/mol. The molecule has 0 atom stereocenters. The Morgan fingerprint density at radius 1 is 1.45 bits per heavy atom. The van der Waals surface area contributed by atoms with Crippen molar-refractivity contribution in [1.29, 1.82) is 0 Å². The Bertz CT molecular complexity index is 268. The van der Waals surface area contributed by atoms with E-state index in [0.29, 0.717) is 5.56 Å². The number of hydrogen-bond donors (Lipinski definition) is 0. The monoisotopic (exact) mass is 152 g/mol. The molecule has 0 bridgehead atoms. The molecule has 0 radical (unpaired) electrons. The smallest absolute Gasteiger partial charge is 0.179 e. The van der Waals surface area contributed by atoms with Crippen LogP contribution in [0.2, 0.25) is 0 Å². The molecule has 2 heteroatoms. The van der Waals surface area contributed by atoms with Crippen LogP contribution in [0.5, 0.6) is 5.75 Å². The minimum absolute atomic E-state index is 0.222. The Kier molecular flexibility index (Phi) is 2.26. The summed E-state index contributed by atoms with van der Waals surface area (Å²) in [6.45, 7) is 5.49. The molecule has 0 aliphatic carbocycles. The van der Waals surface area contributed by atoms with E-state index >= 15 is 0 Å². The minimum atomic E-state index is 0.222. The Morgan fingerprint density at radius 2 is 2.09 bits per heavy atom. The lowest BCUT2D eigenvalue weighted by Gasteiger charge is -2.02. The maximum absolute atomic E-state index is 11.8. The molecule has 0 aliphatic heterocycles. The molecule has 11 heavy (non-hydrogen) atoms. The number of para-hydroxylation sites is 1. The molecule has 0 unspecified atom stereocenters. The molecule has 1 rings (SSSR count). The van der Waals surface area contributed by atoms with E-state index in [1.165, 1.54) is 0 Å². The number of benzene rings is 1. The van der Waals surface area contributed by atoms with Gasteiger partial charge in [-0.25, -0.2) is 0 Å². The second kappa shape index (κ2) is 3.19. The van der Waals surface area contributed by atoms with Gasteiger partial charge in [-0.3, -0.25) is 4.94 Å².